The first-order valence-corrected chi connectivity index (χ1v) is 9.07. The van der Waals surface area contributed by atoms with E-state index in [1.807, 2.05) is 25.4 Å². The van der Waals surface area contributed by atoms with Crippen molar-refractivity contribution in [2.24, 2.45) is 11.8 Å². The molecule has 4 heterocycles. The van der Waals surface area contributed by atoms with E-state index in [1.54, 1.807) is 7.11 Å². The highest BCUT2D eigenvalue weighted by Crippen LogP contribution is 2.43. The second-order valence-corrected chi connectivity index (χ2v) is 7.19. The van der Waals surface area contributed by atoms with E-state index >= 15 is 0 Å². The molecule has 0 spiro atoms. The summed E-state index contributed by atoms with van der Waals surface area (Å²) in [5, 5.41) is 1.12. The first kappa shape index (κ1) is 16.6. The fourth-order valence-corrected chi connectivity index (χ4v) is 4.71. The van der Waals surface area contributed by atoms with Gasteiger partial charge in [-0.2, -0.15) is 0 Å². The van der Waals surface area contributed by atoms with Crippen LogP contribution in [0.1, 0.15) is 24.5 Å². The standard InChI is InChI=1S/C21H26N2O2/c1-4-14-13-23-10-8-15(14)11-20(23)21(25-3)17-7-9-22-19-6-5-16(24-2)12-18(17)19/h4-7,9,12,14-15,20-21H,1,8,10-11,13H2,2-3H3/t14-,15+,20-,21-/m1/s1. The maximum Gasteiger partial charge on any atom is 0.119 e. The van der Waals surface area contributed by atoms with Crippen molar-refractivity contribution in [3.05, 3.63) is 48.7 Å². The number of ether oxygens (including phenoxy) is 2. The molecule has 132 valence electrons. The summed E-state index contributed by atoms with van der Waals surface area (Å²) in [7, 11) is 3.53. The van der Waals surface area contributed by atoms with Gasteiger partial charge in [0, 0.05) is 31.3 Å². The number of rotatable bonds is 5. The number of hydrogen-bond acceptors (Lipinski definition) is 4. The van der Waals surface area contributed by atoms with Crippen molar-refractivity contribution in [2.45, 2.75) is 25.0 Å². The van der Waals surface area contributed by atoms with Crippen LogP contribution >= 0.6 is 0 Å². The molecule has 1 aromatic carbocycles. The van der Waals surface area contributed by atoms with E-state index in [0.717, 1.165) is 35.7 Å². The second kappa shape index (κ2) is 6.77. The van der Waals surface area contributed by atoms with E-state index in [4.69, 9.17) is 9.47 Å². The molecule has 3 fully saturated rings. The summed E-state index contributed by atoms with van der Waals surface area (Å²) in [6.45, 7) is 6.29. The van der Waals surface area contributed by atoms with Gasteiger partial charge in [0.25, 0.3) is 0 Å². The zero-order valence-corrected chi connectivity index (χ0v) is 15.0. The van der Waals surface area contributed by atoms with Gasteiger partial charge in [0.05, 0.1) is 18.7 Å². The highest BCUT2D eigenvalue weighted by atomic mass is 16.5. The highest BCUT2D eigenvalue weighted by Gasteiger charge is 2.42. The fourth-order valence-electron chi connectivity index (χ4n) is 4.71. The Morgan fingerprint density at radius 2 is 2.20 bits per heavy atom. The van der Waals surface area contributed by atoms with Gasteiger partial charge in [0.2, 0.25) is 0 Å². The van der Waals surface area contributed by atoms with E-state index < -0.39 is 0 Å². The van der Waals surface area contributed by atoms with Gasteiger partial charge >= 0.3 is 0 Å². The summed E-state index contributed by atoms with van der Waals surface area (Å²) in [6.07, 6.45) is 6.52. The Morgan fingerprint density at radius 3 is 2.88 bits per heavy atom. The SMILES string of the molecule is C=C[C@@H]1CN2CC[C@H]1C[C@@H]2[C@H](OC)c1ccnc2ccc(OC)cc12. The molecular formula is C21H26N2O2. The third-order valence-corrected chi connectivity index (χ3v) is 6.05. The molecule has 0 N–H and O–H groups in total. The largest absolute Gasteiger partial charge is 0.497 e. The van der Waals surface area contributed by atoms with Crippen LogP contribution < -0.4 is 4.74 Å². The van der Waals surface area contributed by atoms with Crippen molar-refractivity contribution >= 4 is 10.9 Å². The first-order valence-electron chi connectivity index (χ1n) is 9.07. The Labute approximate surface area is 149 Å². The molecular weight excluding hydrogens is 312 g/mol. The molecule has 0 amide bonds. The van der Waals surface area contributed by atoms with Gasteiger partial charge < -0.3 is 9.47 Å². The number of fused-ring (bicyclic) bond motifs is 4. The highest BCUT2D eigenvalue weighted by molar-refractivity contribution is 5.84. The molecule has 2 bridgehead atoms. The van der Waals surface area contributed by atoms with Crippen LogP contribution in [0, 0.1) is 11.8 Å². The lowest BCUT2D eigenvalue weighted by molar-refractivity contribution is -0.0601. The van der Waals surface area contributed by atoms with Crippen LogP contribution in [0.2, 0.25) is 0 Å². The summed E-state index contributed by atoms with van der Waals surface area (Å²) in [4.78, 5) is 7.10. The van der Waals surface area contributed by atoms with E-state index in [-0.39, 0.29) is 6.10 Å². The Kier molecular flexibility index (Phi) is 4.48. The first-order chi connectivity index (χ1) is 12.2. The lowest BCUT2D eigenvalue weighted by Gasteiger charge is -2.51. The summed E-state index contributed by atoms with van der Waals surface area (Å²) < 4.78 is 11.5. The zero-order chi connectivity index (χ0) is 17.4. The van der Waals surface area contributed by atoms with Gasteiger partial charge in [-0.25, -0.2) is 0 Å². The van der Waals surface area contributed by atoms with E-state index in [9.17, 15) is 0 Å². The average molecular weight is 338 g/mol. The maximum absolute atomic E-state index is 6.04. The van der Waals surface area contributed by atoms with Crippen molar-refractivity contribution < 1.29 is 9.47 Å². The van der Waals surface area contributed by atoms with Gasteiger partial charge in [-0.1, -0.05) is 6.08 Å². The minimum atomic E-state index is 0.0474. The molecule has 0 radical (unpaired) electrons. The minimum absolute atomic E-state index is 0.0474. The number of aromatic nitrogens is 1. The topological polar surface area (TPSA) is 34.6 Å². The predicted molar refractivity (Wildman–Crippen MR) is 99.8 cm³/mol. The Bertz CT molecular complexity index is 776. The lowest BCUT2D eigenvalue weighted by atomic mass is 9.73. The van der Waals surface area contributed by atoms with Crippen LogP contribution in [-0.4, -0.2) is 43.2 Å². The lowest BCUT2D eigenvalue weighted by Crippen LogP contribution is -2.55. The summed E-state index contributed by atoms with van der Waals surface area (Å²) >= 11 is 0. The molecule has 5 atom stereocenters. The van der Waals surface area contributed by atoms with Gasteiger partial charge in [0.15, 0.2) is 0 Å². The van der Waals surface area contributed by atoms with Crippen LogP contribution in [0.4, 0.5) is 0 Å². The van der Waals surface area contributed by atoms with Gasteiger partial charge in [-0.15, -0.1) is 6.58 Å². The van der Waals surface area contributed by atoms with Crippen molar-refractivity contribution in [1.82, 2.24) is 9.88 Å². The van der Waals surface area contributed by atoms with Crippen LogP contribution in [0.3, 0.4) is 0 Å². The van der Waals surface area contributed by atoms with Crippen molar-refractivity contribution in [2.75, 3.05) is 27.3 Å². The number of pyridine rings is 1. The number of piperidine rings is 3. The van der Waals surface area contributed by atoms with Crippen molar-refractivity contribution in [3.63, 3.8) is 0 Å². The predicted octanol–water partition coefficient (Wildman–Crippen LogP) is 3.83. The minimum Gasteiger partial charge on any atom is -0.497 e. The summed E-state index contributed by atoms with van der Waals surface area (Å²) in [6, 6.07) is 8.57. The molecule has 5 rings (SSSR count). The molecule has 1 aromatic heterocycles. The quantitative estimate of drug-likeness (QED) is 0.776. The van der Waals surface area contributed by atoms with E-state index in [0.29, 0.717) is 12.0 Å². The van der Waals surface area contributed by atoms with Gasteiger partial charge in [-0.05, 0) is 61.1 Å². The van der Waals surface area contributed by atoms with Crippen LogP contribution in [0.15, 0.2) is 43.1 Å². The molecule has 4 nitrogen and oxygen atoms in total. The average Bonchev–Trinajstić information content (AvgIpc) is 2.68. The van der Waals surface area contributed by atoms with Crippen LogP contribution in [0.5, 0.6) is 5.75 Å². The third-order valence-electron chi connectivity index (χ3n) is 6.05. The summed E-state index contributed by atoms with van der Waals surface area (Å²) in [5.74, 6) is 2.21. The smallest absolute Gasteiger partial charge is 0.119 e. The molecule has 1 unspecified atom stereocenters. The Morgan fingerprint density at radius 1 is 1.32 bits per heavy atom. The van der Waals surface area contributed by atoms with Gasteiger partial charge in [-0.3, -0.25) is 9.88 Å². The number of nitrogens with zero attached hydrogens (tertiary/aromatic N) is 2. The molecule has 4 heteroatoms. The summed E-state index contributed by atoms with van der Waals surface area (Å²) in [5.41, 5.74) is 2.19. The van der Waals surface area contributed by atoms with Gasteiger partial charge in [0.1, 0.15) is 5.75 Å². The molecule has 0 aliphatic carbocycles. The number of benzene rings is 1. The third kappa shape index (κ3) is 2.83. The zero-order valence-electron chi connectivity index (χ0n) is 15.0. The van der Waals surface area contributed by atoms with Crippen LogP contribution in [-0.2, 0) is 4.74 Å². The molecule has 3 aliphatic rings. The Hall–Kier alpha value is -1.91. The van der Waals surface area contributed by atoms with E-state index in [2.05, 4.69) is 34.7 Å². The van der Waals surface area contributed by atoms with Crippen LogP contribution in [0.25, 0.3) is 10.9 Å². The van der Waals surface area contributed by atoms with Crippen molar-refractivity contribution in [1.29, 1.82) is 0 Å². The van der Waals surface area contributed by atoms with Crippen molar-refractivity contribution in [3.8, 4) is 5.75 Å². The fraction of sp³-hybridized carbons (Fsp3) is 0.476. The monoisotopic (exact) mass is 338 g/mol. The number of hydrogen-bond donors (Lipinski definition) is 0. The molecule has 0 saturated carbocycles. The van der Waals surface area contributed by atoms with E-state index in [1.165, 1.54) is 18.4 Å². The molecule has 2 aromatic rings. The Balaban J connectivity index is 1.72. The number of methoxy groups -OCH3 is 2. The molecule has 3 aliphatic heterocycles. The second-order valence-electron chi connectivity index (χ2n) is 7.19. The molecule has 25 heavy (non-hydrogen) atoms. The molecule has 3 saturated heterocycles. The normalized spacial score (nSPS) is 29.5. The maximum atomic E-state index is 6.04.